The van der Waals surface area contributed by atoms with Gasteiger partial charge in [-0.2, -0.15) is 0 Å². The fraction of sp³-hybridized carbons (Fsp3) is 0.278. The number of carbonyl (C=O) groups is 1. The third-order valence-corrected chi connectivity index (χ3v) is 4.29. The molecule has 7 nitrogen and oxygen atoms in total. The number of hydrogen-bond acceptors (Lipinski definition) is 5. The highest BCUT2D eigenvalue weighted by atomic mass is 19.1. The highest BCUT2D eigenvalue weighted by Crippen LogP contribution is 2.20. The second kappa shape index (κ2) is 7.92. The maximum absolute atomic E-state index is 12.9. The molecular formula is C18H19FN4O3. The summed E-state index contributed by atoms with van der Waals surface area (Å²) in [7, 11) is 0. The van der Waals surface area contributed by atoms with Gasteiger partial charge in [-0.25, -0.2) is 4.39 Å². The minimum Gasteiger partial charge on any atom is -0.369 e. The van der Waals surface area contributed by atoms with Crippen LogP contribution >= 0.6 is 0 Å². The molecule has 3 rings (SSSR count). The van der Waals surface area contributed by atoms with Gasteiger partial charge in [-0.3, -0.25) is 19.8 Å². The number of nitrogens with one attached hydrogen (secondary N) is 1. The summed E-state index contributed by atoms with van der Waals surface area (Å²) in [6, 6.07) is 12.1. The van der Waals surface area contributed by atoms with Gasteiger partial charge >= 0.3 is 0 Å². The number of anilines is 2. The van der Waals surface area contributed by atoms with Gasteiger partial charge in [-0.15, -0.1) is 0 Å². The summed E-state index contributed by atoms with van der Waals surface area (Å²) >= 11 is 0. The topological polar surface area (TPSA) is 78.7 Å². The molecule has 1 heterocycles. The predicted octanol–water partition coefficient (Wildman–Crippen LogP) is 2.49. The van der Waals surface area contributed by atoms with Crippen LogP contribution in [0.1, 0.15) is 0 Å². The van der Waals surface area contributed by atoms with Gasteiger partial charge in [0.2, 0.25) is 5.91 Å². The summed E-state index contributed by atoms with van der Waals surface area (Å²) < 4.78 is 12.9. The molecular weight excluding hydrogens is 339 g/mol. The van der Waals surface area contributed by atoms with Gasteiger partial charge in [0.05, 0.1) is 11.5 Å². The third kappa shape index (κ3) is 4.54. The highest BCUT2D eigenvalue weighted by molar-refractivity contribution is 5.92. The molecule has 8 heteroatoms. The Balaban J connectivity index is 1.48. The van der Waals surface area contributed by atoms with Crippen LogP contribution in [0.5, 0.6) is 0 Å². The van der Waals surface area contributed by atoms with E-state index in [9.17, 15) is 19.3 Å². The van der Waals surface area contributed by atoms with Crippen LogP contribution in [0.3, 0.4) is 0 Å². The van der Waals surface area contributed by atoms with Crippen LogP contribution in [-0.4, -0.2) is 48.5 Å². The first-order valence-corrected chi connectivity index (χ1v) is 8.28. The SMILES string of the molecule is O=C(CN1CCN(c2ccc([N+](=O)[O-])cc2)CC1)Nc1ccc(F)cc1. The van der Waals surface area contributed by atoms with E-state index in [2.05, 4.69) is 10.2 Å². The quantitative estimate of drug-likeness (QED) is 0.656. The maximum atomic E-state index is 12.9. The van der Waals surface area contributed by atoms with Gasteiger partial charge in [-0.1, -0.05) is 0 Å². The van der Waals surface area contributed by atoms with Gasteiger partial charge in [0, 0.05) is 49.7 Å². The lowest BCUT2D eigenvalue weighted by molar-refractivity contribution is -0.384. The lowest BCUT2D eigenvalue weighted by atomic mass is 10.2. The van der Waals surface area contributed by atoms with Crippen molar-refractivity contribution in [3.05, 3.63) is 64.5 Å². The second-order valence-electron chi connectivity index (χ2n) is 6.09. The number of benzene rings is 2. The molecule has 0 aliphatic carbocycles. The second-order valence-corrected chi connectivity index (χ2v) is 6.09. The average molecular weight is 358 g/mol. The zero-order valence-electron chi connectivity index (χ0n) is 14.1. The van der Waals surface area contributed by atoms with E-state index < -0.39 is 4.92 Å². The van der Waals surface area contributed by atoms with E-state index in [1.54, 1.807) is 12.1 Å². The summed E-state index contributed by atoms with van der Waals surface area (Å²) in [5.74, 6) is -0.481. The first-order chi connectivity index (χ1) is 12.5. The lowest BCUT2D eigenvalue weighted by Gasteiger charge is -2.35. The number of non-ortho nitro benzene ring substituents is 1. The van der Waals surface area contributed by atoms with Crippen LogP contribution < -0.4 is 10.2 Å². The number of halogens is 1. The molecule has 0 aromatic heterocycles. The fourth-order valence-electron chi connectivity index (χ4n) is 2.89. The van der Waals surface area contributed by atoms with Crippen molar-refractivity contribution >= 4 is 23.0 Å². The molecule has 1 N–H and O–H groups in total. The summed E-state index contributed by atoms with van der Waals surface area (Å²) in [5.41, 5.74) is 1.58. The van der Waals surface area contributed by atoms with E-state index >= 15 is 0 Å². The Hall–Kier alpha value is -3.00. The third-order valence-electron chi connectivity index (χ3n) is 4.29. The molecule has 0 radical (unpaired) electrons. The lowest BCUT2D eigenvalue weighted by Crippen LogP contribution is -2.48. The molecule has 136 valence electrons. The van der Waals surface area contributed by atoms with Crippen LogP contribution in [0.2, 0.25) is 0 Å². The smallest absolute Gasteiger partial charge is 0.269 e. The molecule has 0 atom stereocenters. The molecule has 0 spiro atoms. The van der Waals surface area contributed by atoms with E-state index in [1.807, 2.05) is 4.90 Å². The van der Waals surface area contributed by atoms with Crippen LogP contribution in [0.15, 0.2) is 48.5 Å². The van der Waals surface area contributed by atoms with Gasteiger partial charge < -0.3 is 10.2 Å². The first-order valence-electron chi connectivity index (χ1n) is 8.28. The van der Waals surface area contributed by atoms with Crippen molar-refractivity contribution < 1.29 is 14.1 Å². The van der Waals surface area contributed by atoms with Crippen molar-refractivity contribution in [1.82, 2.24) is 4.90 Å². The number of carbonyl (C=O) groups excluding carboxylic acids is 1. The Morgan fingerprint density at radius 2 is 1.65 bits per heavy atom. The van der Waals surface area contributed by atoms with Crippen LogP contribution in [0, 0.1) is 15.9 Å². The molecule has 1 fully saturated rings. The number of hydrogen-bond donors (Lipinski definition) is 1. The minimum atomic E-state index is -0.415. The molecule has 1 amide bonds. The van der Waals surface area contributed by atoms with Crippen molar-refractivity contribution in [3.8, 4) is 0 Å². The largest absolute Gasteiger partial charge is 0.369 e. The predicted molar refractivity (Wildman–Crippen MR) is 96.8 cm³/mol. The van der Waals surface area contributed by atoms with E-state index in [-0.39, 0.29) is 24.0 Å². The Labute approximate surface area is 150 Å². The molecule has 1 aliphatic heterocycles. The normalized spacial score (nSPS) is 14.9. The van der Waals surface area contributed by atoms with Crippen LogP contribution in [0.25, 0.3) is 0 Å². The number of nitro groups is 1. The van der Waals surface area contributed by atoms with E-state index in [1.165, 1.54) is 36.4 Å². The van der Waals surface area contributed by atoms with Crippen molar-refractivity contribution in [3.63, 3.8) is 0 Å². The van der Waals surface area contributed by atoms with Gasteiger partial charge in [0.25, 0.3) is 5.69 Å². The Morgan fingerprint density at radius 1 is 1.04 bits per heavy atom. The molecule has 0 saturated carbocycles. The Bertz CT molecular complexity index is 772. The van der Waals surface area contributed by atoms with E-state index in [0.29, 0.717) is 18.8 Å². The first kappa shape index (κ1) is 17.8. The molecule has 26 heavy (non-hydrogen) atoms. The molecule has 2 aromatic rings. The van der Waals surface area contributed by atoms with Crippen molar-refractivity contribution in [2.75, 3.05) is 42.9 Å². The fourth-order valence-corrected chi connectivity index (χ4v) is 2.89. The van der Waals surface area contributed by atoms with E-state index in [4.69, 9.17) is 0 Å². The number of nitro benzene ring substituents is 1. The highest BCUT2D eigenvalue weighted by Gasteiger charge is 2.19. The van der Waals surface area contributed by atoms with Gasteiger partial charge in [0.15, 0.2) is 0 Å². The van der Waals surface area contributed by atoms with Gasteiger partial charge in [-0.05, 0) is 36.4 Å². The summed E-state index contributed by atoms with van der Waals surface area (Å²) in [5, 5.41) is 13.5. The van der Waals surface area contributed by atoms with Crippen molar-refractivity contribution in [2.24, 2.45) is 0 Å². The monoisotopic (exact) mass is 358 g/mol. The summed E-state index contributed by atoms with van der Waals surface area (Å²) in [4.78, 5) is 26.6. The zero-order chi connectivity index (χ0) is 18.5. The molecule has 0 bridgehead atoms. The molecule has 1 aliphatic rings. The Kier molecular flexibility index (Phi) is 5.43. The molecule has 0 unspecified atom stereocenters. The average Bonchev–Trinajstić information content (AvgIpc) is 2.64. The zero-order valence-corrected chi connectivity index (χ0v) is 14.1. The number of amides is 1. The maximum Gasteiger partial charge on any atom is 0.269 e. The number of rotatable bonds is 5. The number of nitrogens with zero attached hydrogens (tertiary/aromatic N) is 3. The van der Waals surface area contributed by atoms with Crippen molar-refractivity contribution in [1.29, 1.82) is 0 Å². The number of piperazine rings is 1. The summed E-state index contributed by atoms with van der Waals surface area (Å²) in [6.45, 7) is 3.18. The molecule has 1 saturated heterocycles. The van der Waals surface area contributed by atoms with Crippen molar-refractivity contribution in [2.45, 2.75) is 0 Å². The van der Waals surface area contributed by atoms with Gasteiger partial charge in [0.1, 0.15) is 5.82 Å². The Morgan fingerprint density at radius 3 is 2.23 bits per heavy atom. The van der Waals surface area contributed by atoms with E-state index in [0.717, 1.165) is 18.8 Å². The summed E-state index contributed by atoms with van der Waals surface area (Å²) in [6.07, 6.45) is 0. The standard InChI is InChI=1S/C18H19FN4O3/c19-14-1-3-15(4-2-14)20-18(24)13-21-9-11-22(12-10-21)16-5-7-17(8-6-16)23(25)26/h1-8H,9-13H2,(H,20,24). The van der Waals surface area contributed by atoms with Crippen LogP contribution in [-0.2, 0) is 4.79 Å². The molecule has 2 aromatic carbocycles. The minimum absolute atomic E-state index is 0.0739. The van der Waals surface area contributed by atoms with Crippen LogP contribution in [0.4, 0.5) is 21.5 Å².